The van der Waals surface area contributed by atoms with E-state index in [0.29, 0.717) is 5.92 Å². The first kappa shape index (κ1) is 19.2. The van der Waals surface area contributed by atoms with Crippen molar-refractivity contribution >= 4 is 11.8 Å². The third kappa shape index (κ3) is 3.74. The minimum atomic E-state index is 0.382. The predicted octanol–water partition coefficient (Wildman–Crippen LogP) is 5.29. The van der Waals surface area contributed by atoms with Gasteiger partial charge in [0.1, 0.15) is 5.76 Å². The van der Waals surface area contributed by atoms with Crippen LogP contribution >= 0.6 is 11.8 Å². The van der Waals surface area contributed by atoms with Gasteiger partial charge in [0.25, 0.3) is 0 Å². The lowest BCUT2D eigenvalue weighted by atomic mass is 9.77. The summed E-state index contributed by atoms with van der Waals surface area (Å²) in [7, 11) is 4.17. The summed E-state index contributed by atoms with van der Waals surface area (Å²) in [4.78, 5) is 3.54. The maximum atomic E-state index is 6.02. The topological polar surface area (TPSA) is 21.7 Å². The maximum Gasteiger partial charge on any atom is 0.137 e. The van der Waals surface area contributed by atoms with Gasteiger partial charge in [-0.25, -0.2) is 0 Å². The predicted molar refractivity (Wildman–Crippen MR) is 120 cm³/mol. The summed E-state index contributed by atoms with van der Waals surface area (Å²) in [6.07, 6.45) is 18.0. The summed E-state index contributed by atoms with van der Waals surface area (Å²) in [5, 5.41) is 0. The van der Waals surface area contributed by atoms with Crippen molar-refractivity contribution in [2.75, 3.05) is 39.6 Å². The van der Waals surface area contributed by atoms with E-state index in [-0.39, 0.29) is 0 Å². The molecular formula is C25H29NO2S. The fourth-order valence-electron chi connectivity index (χ4n) is 4.85. The van der Waals surface area contributed by atoms with Gasteiger partial charge < -0.3 is 14.4 Å². The van der Waals surface area contributed by atoms with Crippen LogP contribution in [0.2, 0.25) is 0 Å². The molecule has 1 atom stereocenters. The lowest BCUT2D eigenvalue weighted by molar-refractivity contribution is 0.140. The third-order valence-corrected chi connectivity index (χ3v) is 7.43. The lowest BCUT2D eigenvalue weighted by Gasteiger charge is -2.32. The summed E-state index contributed by atoms with van der Waals surface area (Å²) < 4.78 is 12.0. The van der Waals surface area contributed by atoms with E-state index in [9.17, 15) is 0 Å². The fourth-order valence-corrected chi connectivity index (χ4v) is 5.90. The first-order chi connectivity index (χ1) is 14.2. The Morgan fingerprint density at radius 2 is 2.10 bits per heavy atom. The average Bonchev–Trinajstić information content (AvgIpc) is 3.16. The van der Waals surface area contributed by atoms with Gasteiger partial charge in [-0.3, -0.25) is 0 Å². The van der Waals surface area contributed by atoms with E-state index < -0.39 is 0 Å². The zero-order valence-electron chi connectivity index (χ0n) is 17.4. The van der Waals surface area contributed by atoms with Crippen LogP contribution < -0.4 is 0 Å². The van der Waals surface area contributed by atoms with Gasteiger partial charge in [-0.2, -0.15) is 0 Å². The first-order valence-electron chi connectivity index (χ1n) is 10.7. The number of nitrogens with zero attached hydrogens (tertiary/aromatic N) is 1. The number of allylic oxidation sites excluding steroid dienone is 9. The first-order valence-corrected chi connectivity index (χ1v) is 11.7. The molecule has 29 heavy (non-hydrogen) atoms. The van der Waals surface area contributed by atoms with E-state index in [1.54, 1.807) is 16.7 Å². The van der Waals surface area contributed by atoms with Crippen LogP contribution in [0.15, 0.2) is 80.7 Å². The summed E-state index contributed by atoms with van der Waals surface area (Å²) in [6, 6.07) is 0. The van der Waals surface area contributed by atoms with Gasteiger partial charge in [0.05, 0.1) is 19.5 Å². The van der Waals surface area contributed by atoms with E-state index in [1.807, 2.05) is 24.1 Å². The van der Waals surface area contributed by atoms with Crippen molar-refractivity contribution in [3.8, 4) is 0 Å². The zero-order chi connectivity index (χ0) is 19.8. The van der Waals surface area contributed by atoms with E-state index in [4.69, 9.17) is 9.47 Å². The van der Waals surface area contributed by atoms with Crippen LogP contribution in [0.5, 0.6) is 0 Å². The second kappa shape index (κ2) is 8.17. The highest BCUT2D eigenvalue weighted by molar-refractivity contribution is 8.03. The number of rotatable bonds is 5. The molecule has 152 valence electrons. The summed E-state index contributed by atoms with van der Waals surface area (Å²) in [5.74, 6) is 2.56. The van der Waals surface area contributed by atoms with E-state index in [2.05, 4.69) is 43.3 Å². The molecule has 2 aliphatic heterocycles. The number of hydrogen-bond donors (Lipinski definition) is 0. The number of ether oxygens (including phenoxy) is 2. The summed E-state index contributed by atoms with van der Waals surface area (Å²) >= 11 is 1.94. The van der Waals surface area contributed by atoms with Crippen LogP contribution in [0.3, 0.4) is 0 Å². The van der Waals surface area contributed by atoms with Gasteiger partial charge in [-0.05, 0) is 80.3 Å². The normalized spacial score (nSPS) is 25.3. The smallest absolute Gasteiger partial charge is 0.137 e. The van der Waals surface area contributed by atoms with Crippen molar-refractivity contribution in [1.82, 2.24) is 4.90 Å². The van der Waals surface area contributed by atoms with Crippen LogP contribution in [-0.2, 0) is 9.47 Å². The van der Waals surface area contributed by atoms with Gasteiger partial charge in [0.2, 0.25) is 0 Å². The van der Waals surface area contributed by atoms with E-state index >= 15 is 0 Å². The quantitative estimate of drug-likeness (QED) is 0.456. The number of likely N-dealkylation sites (N-methyl/N-ethyl adjacent to an activating group) is 1. The van der Waals surface area contributed by atoms with Crippen molar-refractivity contribution in [3.05, 3.63) is 80.7 Å². The van der Waals surface area contributed by atoms with Crippen molar-refractivity contribution in [3.63, 3.8) is 0 Å². The SMILES string of the molecule is CN(C)CCOCC1=CC2C(=CCC3=C4CCCC4=C4OC=CC=C4C=C32)CS1. The Balaban J connectivity index is 1.47. The molecule has 0 aromatic carbocycles. The Bertz CT molecular complexity index is 926. The van der Waals surface area contributed by atoms with Gasteiger partial charge in [0, 0.05) is 28.7 Å². The van der Waals surface area contributed by atoms with Crippen LogP contribution in [0.1, 0.15) is 25.7 Å². The molecule has 1 fully saturated rings. The molecule has 0 bridgehead atoms. The highest BCUT2D eigenvalue weighted by Crippen LogP contribution is 2.50. The molecule has 0 aromatic rings. The molecule has 1 unspecified atom stereocenters. The molecule has 0 amide bonds. The standard InChI is InChI=1S/C25H29NO2S/c1-26(2)10-12-27-15-19-14-23-18(16-29-19)8-9-21-20-6-3-7-22(20)25-17(13-24(21)23)5-4-11-28-25/h4-5,8,11,13-14,23H,3,6-7,9-10,12,15-16H2,1-2H3. The molecule has 3 nitrogen and oxygen atoms in total. The molecule has 0 saturated heterocycles. The molecule has 2 heterocycles. The van der Waals surface area contributed by atoms with Crippen LogP contribution in [0.4, 0.5) is 0 Å². The minimum Gasteiger partial charge on any atom is -0.464 e. The van der Waals surface area contributed by atoms with E-state index in [1.165, 1.54) is 34.5 Å². The highest BCUT2D eigenvalue weighted by atomic mass is 32.2. The number of hydrogen-bond acceptors (Lipinski definition) is 4. The lowest BCUT2D eigenvalue weighted by Crippen LogP contribution is -2.21. The van der Waals surface area contributed by atoms with Gasteiger partial charge in [-0.1, -0.05) is 17.7 Å². The molecule has 5 rings (SSSR count). The van der Waals surface area contributed by atoms with Crippen molar-refractivity contribution in [2.24, 2.45) is 5.92 Å². The zero-order valence-corrected chi connectivity index (χ0v) is 18.2. The molecule has 0 spiro atoms. The van der Waals surface area contributed by atoms with Crippen molar-refractivity contribution < 1.29 is 9.47 Å². The van der Waals surface area contributed by atoms with Gasteiger partial charge >= 0.3 is 0 Å². The Kier molecular flexibility index (Phi) is 5.42. The van der Waals surface area contributed by atoms with Crippen LogP contribution in [0, 0.1) is 5.92 Å². The molecule has 0 N–H and O–H groups in total. The monoisotopic (exact) mass is 407 g/mol. The Morgan fingerprint density at radius 1 is 1.21 bits per heavy atom. The van der Waals surface area contributed by atoms with Gasteiger partial charge in [0.15, 0.2) is 0 Å². The fraction of sp³-hybridized carbons (Fsp3) is 0.440. The largest absolute Gasteiger partial charge is 0.464 e. The Hall–Kier alpha value is -1.75. The average molecular weight is 408 g/mol. The van der Waals surface area contributed by atoms with Gasteiger partial charge in [-0.15, -0.1) is 11.8 Å². The van der Waals surface area contributed by atoms with Crippen molar-refractivity contribution in [2.45, 2.75) is 25.7 Å². The van der Waals surface area contributed by atoms with Crippen LogP contribution in [0.25, 0.3) is 0 Å². The molecule has 5 aliphatic rings. The number of thioether (sulfide) groups is 1. The number of fused-ring (bicyclic) bond motifs is 5. The van der Waals surface area contributed by atoms with Crippen molar-refractivity contribution in [1.29, 1.82) is 0 Å². The molecule has 0 aromatic heterocycles. The third-order valence-electron chi connectivity index (χ3n) is 6.32. The molecular weight excluding hydrogens is 378 g/mol. The second-order valence-corrected chi connectivity index (χ2v) is 9.63. The molecule has 3 aliphatic carbocycles. The summed E-state index contributed by atoms with van der Waals surface area (Å²) in [6.45, 7) is 2.47. The highest BCUT2D eigenvalue weighted by Gasteiger charge is 2.34. The Labute approximate surface area is 178 Å². The molecule has 1 saturated carbocycles. The molecule has 4 heteroatoms. The second-order valence-electron chi connectivity index (χ2n) is 8.52. The van der Waals surface area contributed by atoms with Crippen LogP contribution in [-0.4, -0.2) is 44.5 Å². The van der Waals surface area contributed by atoms with E-state index in [0.717, 1.165) is 44.1 Å². The minimum absolute atomic E-state index is 0.382. The Morgan fingerprint density at radius 3 is 3.00 bits per heavy atom. The molecule has 0 radical (unpaired) electrons. The summed E-state index contributed by atoms with van der Waals surface area (Å²) in [5.41, 5.74) is 8.83. The maximum absolute atomic E-state index is 6.02.